The van der Waals surface area contributed by atoms with E-state index in [1.165, 1.54) is 0 Å². The van der Waals surface area contributed by atoms with Crippen molar-refractivity contribution in [2.75, 3.05) is 0 Å². The smallest absolute Gasteiger partial charge is 0.246 e. The molecule has 1 aromatic heterocycles. The van der Waals surface area contributed by atoms with E-state index in [2.05, 4.69) is 21.9 Å². The third-order valence-electron chi connectivity index (χ3n) is 2.77. The first-order valence-electron chi connectivity index (χ1n) is 5.62. The van der Waals surface area contributed by atoms with E-state index >= 15 is 0 Å². The van der Waals surface area contributed by atoms with Crippen LogP contribution >= 0.6 is 0 Å². The van der Waals surface area contributed by atoms with Gasteiger partial charge < -0.3 is 0 Å². The van der Waals surface area contributed by atoms with Crippen LogP contribution in [0.5, 0.6) is 0 Å². The molecule has 0 N–H and O–H groups in total. The molecule has 1 heterocycles. The lowest BCUT2D eigenvalue weighted by atomic mass is 9.89. The van der Waals surface area contributed by atoms with Gasteiger partial charge in [0, 0.05) is 18.5 Å². The van der Waals surface area contributed by atoms with Gasteiger partial charge in [0.15, 0.2) is 0 Å². The lowest BCUT2D eigenvalue weighted by Gasteiger charge is -2.15. The molecular formula is C14H13N3O. The van der Waals surface area contributed by atoms with Crippen LogP contribution in [-0.2, 0) is 4.79 Å². The Morgan fingerprint density at radius 1 is 1.17 bits per heavy atom. The molecular weight excluding hydrogens is 226 g/mol. The molecule has 90 valence electrons. The number of hydrogen-bond acceptors (Lipinski definition) is 3. The van der Waals surface area contributed by atoms with E-state index in [0.717, 1.165) is 11.1 Å². The Morgan fingerprint density at radius 3 is 2.56 bits per heavy atom. The van der Waals surface area contributed by atoms with Crippen molar-refractivity contribution in [2.24, 2.45) is 4.99 Å². The first kappa shape index (κ1) is 12.1. The molecule has 1 unspecified atom stereocenters. The third kappa shape index (κ3) is 2.85. The molecule has 1 amide bonds. The zero-order chi connectivity index (χ0) is 12.8. The second-order valence-corrected chi connectivity index (χ2v) is 3.90. The molecule has 2 aromatic rings. The minimum Gasteiger partial charge on any atom is -0.273 e. The fourth-order valence-electron chi connectivity index (χ4n) is 1.86. The summed E-state index contributed by atoms with van der Waals surface area (Å²) in [5.74, 6) is -0.277. The number of benzene rings is 1. The van der Waals surface area contributed by atoms with Crippen molar-refractivity contribution in [1.29, 1.82) is 0 Å². The molecule has 18 heavy (non-hydrogen) atoms. The summed E-state index contributed by atoms with van der Waals surface area (Å²) in [5, 5.41) is 7.61. The van der Waals surface area contributed by atoms with Gasteiger partial charge in [0.05, 0.1) is 6.20 Å². The first-order chi connectivity index (χ1) is 8.81. The van der Waals surface area contributed by atoms with Crippen LogP contribution in [0.4, 0.5) is 0 Å². The number of rotatable bonds is 4. The Hall–Kier alpha value is -2.36. The zero-order valence-electron chi connectivity index (χ0n) is 9.86. The van der Waals surface area contributed by atoms with Crippen LogP contribution in [0.1, 0.15) is 23.5 Å². The minimum atomic E-state index is -0.222. The molecule has 2 rings (SSSR count). The van der Waals surface area contributed by atoms with Gasteiger partial charge in [0.1, 0.15) is 0 Å². The molecule has 0 aliphatic heterocycles. The minimum absolute atomic E-state index is 0.0558. The summed E-state index contributed by atoms with van der Waals surface area (Å²) in [6, 6.07) is 11.7. The molecule has 0 saturated carbocycles. The van der Waals surface area contributed by atoms with Gasteiger partial charge in [0.25, 0.3) is 0 Å². The number of carbonyl (C=O) groups is 1. The average molecular weight is 239 g/mol. The molecule has 4 heteroatoms. The van der Waals surface area contributed by atoms with Gasteiger partial charge in [-0.2, -0.15) is 10.2 Å². The highest BCUT2D eigenvalue weighted by Gasteiger charge is 2.17. The van der Waals surface area contributed by atoms with Gasteiger partial charge >= 0.3 is 0 Å². The lowest BCUT2D eigenvalue weighted by molar-refractivity contribution is -0.117. The first-order valence-corrected chi connectivity index (χ1v) is 5.62. The van der Waals surface area contributed by atoms with E-state index < -0.39 is 0 Å². The molecule has 1 atom stereocenters. The largest absolute Gasteiger partial charge is 0.273 e. The highest BCUT2D eigenvalue weighted by atomic mass is 16.1. The summed E-state index contributed by atoms with van der Waals surface area (Å²) < 4.78 is 0. The van der Waals surface area contributed by atoms with Crippen LogP contribution in [0.15, 0.2) is 53.8 Å². The van der Waals surface area contributed by atoms with Crippen LogP contribution in [0, 0.1) is 0 Å². The molecule has 0 spiro atoms. The normalized spacial score (nSPS) is 11.8. The summed E-state index contributed by atoms with van der Waals surface area (Å²) >= 11 is 0. The predicted molar refractivity (Wildman–Crippen MR) is 69.5 cm³/mol. The highest BCUT2D eigenvalue weighted by Crippen LogP contribution is 2.27. The summed E-state index contributed by atoms with van der Waals surface area (Å²) in [4.78, 5) is 15.0. The zero-order valence-corrected chi connectivity index (χ0v) is 9.86. The maximum Gasteiger partial charge on any atom is 0.246 e. The monoisotopic (exact) mass is 239 g/mol. The van der Waals surface area contributed by atoms with E-state index in [4.69, 9.17) is 0 Å². The maximum atomic E-state index is 11.5. The molecule has 4 nitrogen and oxygen atoms in total. The van der Waals surface area contributed by atoms with Gasteiger partial charge in [-0.15, -0.1) is 0 Å². The van der Waals surface area contributed by atoms with E-state index in [0.29, 0.717) is 6.42 Å². The second kappa shape index (κ2) is 5.82. The van der Waals surface area contributed by atoms with E-state index in [1.54, 1.807) is 12.4 Å². The summed E-state index contributed by atoms with van der Waals surface area (Å²) in [7, 11) is 0. The Morgan fingerprint density at radius 2 is 1.94 bits per heavy atom. The number of amides is 1. The third-order valence-corrected chi connectivity index (χ3v) is 2.77. The SMILES string of the molecule is C=NC(=O)CC(c1ccccc1)c1ccnnc1. The standard InChI is InChI=1S/C14H13N3O/c1-15-14(18)9-13(11-5-3-2-4-6-11)12-7-8-16-17-10-12/h2-8,10,13H,1,9H2. The quantitative estimate of drug-likeness (QED) is 0.769. The van der Waals surface area contributed by atoms with Gasteiger partial charge in [-0.3, -0.25) is 4.79 Å². The van der Waals surface area contributed by atoms with Gasteiger partial charge in [-0.05, 0) is 23.9 Å². The second-order valence-electron chi connectivity index (χ2n) is 3.90. The molecule has 0 bridgehead atoms. The van der Waals surface area contributed by atoms with E-state index in [-0.39, 0.29) is 11.8 Å². The maximum absolute atomic E-state index is 11.5. The van der Waals surface area contributed by atoms with Crippen molar-refractivity contribution in [3.8, 4) is 0 Å². The Bertz CT molecular complexity index is 486. The van der Waals surface area contributed by atoms with Gasteiger partial charge in [0.2, 0.25) is 5.91 Å². The Balaban J connectivity index is 2.35. The van der Waals surface area contributed by atoms with Crippen molar-refractivity contribution >= 4 is 12.6 Å². The Labute approximate surface area is 105 Å². The van der Waals surface area contributed by atoms with Crippen LogP contribution in [0.25, 0.3) is 0 Å². The molecule has 0 radical (unpaired) electrons. The molecule has 1 aromatic carbocycles. The number of nitrogens with zero attached hydrogens (tertiary/aromatic N) is 3. The number of aliphatic imine (C=N–C) groups is 1. The van der Waals surface area contributed by atoms with Crippen LogP contribution in [0.2, 0.25) is 0 Å². The summed E-state index contributed by atoms with van der Waals surface area (Å²) in [6.07, 6.45) is 3.59. The number of carbonyl (C=O) groups excluding carboxylic acids is 1. The van der Waals surface area contributed by atoms with Crippen LogP contribution < -0.4 is 0 Å². The topological polar surface area (TPSA) is 55.2 Å². The number of hydrogen-bond donors (Lipinski definition) is 0. The predicted octanol–water partition coefficient (Wildman–Crippen LogP) is 2.23. The lowest BCUT2D eigenvalue weighted by Crippen LogP contribution is -2.07. The molecule has 0 fully saturated rings. The molecule has 0 aliphatic carbocycles. The number of aromatic nitrogens is 2. The van der Waals surface area contributed by atoms with Crippen LogP contribution in [0.3, 0.4) is 0 Å². The summed E-state index contributed by atoms with van der Waals surface area (Å²) in [6.45, 7) is 3.27. The molecule has 0 saturated heterocycles. The van der Waals surface area contributed by atoms with E-state index in [1.807, 2.05) is 36.4 Å². The van der Waals surface area contributed by atoms with Gasteiger partial charge in [-0.1, -0.05) is 30.3 Å². The van der Waals surface area contributed by atoms with Crippen molar-refractivity contribution in [3.63, 3.8) is 0 Å². The van der Waals surface area contributed by atoms with E-state index in [9.17, 15) is 4.79 Å². The highest BCUT2D eigenvalue weighted by molar-refractivity contribution is 5.81. The van der Waals surface area contributed by atoms with Crippen molar-refractivity contribution in [3.05, 3.63) is 59.9 Å². The van der Waals surface area contributed by atoms with Crippen molar-refractivity contribution in [1.82, 2.24) is 10.2 Å². The molecule has 0 aliphatic rings. The van der Waals surface area contributed by atoms with Crippen molar-refractivity contribution < 1.29 is 4.79 Å². The Kier molecular flexibility index (Phi) is 3.91. The fraction of sp³-hybridized carbons (Fsp3) is 0.143. The van der Waals surface area contributed by atoms with Crippen LogP contribution in [-0.4, -0.2) is 22.8 Å². The average Bonchev–Trinajstić information content (AvgIpc) is 2.46. The van der Waals surface area contributed by atoms with Gasteiger partial charge in [-0.25, -0.2) is 4.99 Å². The van der Waals surface area contributed by atoms with Crippen molar-refractivity contribution in [2.45, 2.75) is 12.3 Å². The fourth-order valence-corrected chi connectivity index (χ4v) is 1.86. The summed E-state index contributed by atoms with van der Waals surface area (Å²) in [5.41, 5.74) is 2.01.